The van der Waals surface area contributed by atoms with E-state index in [1.807, 2.05) is 0 Å². The second-order valence-corrected chi connectivity index (χ2v) is 4.01. The first-order chi connectivity index (χ1) is 8.19. The number of esters is 1. The third kappa shape index (κ3) is 2.81. The Hall–Kier alpha value is -1.91. The predicted molar refractivity (Wildman–Crippen MR) is 56.2 cm³/mol. The van der Waals surface area contributed by atoms with E-state index < -0.39 is 0 Å². The van der Waals surface area contributed by atoms with Gasteiger partial charge >= 0.3 is 5.97 Å². The highest BCUT2D eigenvalue weighted by atomic mass is 16.5. The van der Waals surface area contributed by atoms with Gasteiger partial charge in [0.05, 0.1) is 5.92 Å². The largest absolute Gasteiger partial charge is 0.457 e. The van der Waals surface area contributed by atoms with Gasteiger partial charge in [-0.25, -0.2) is 0 Å². The number of carbonyl (C=O) groups is 3. The van der Waals surface area contributed by atoms with Crippen molar-refractivity contribution in [3.63, 3.8) is 0 Å². The van der Waals surface area contributed by atoms with E-state index in [2.05, 4.69) is 0 Å². The van der Waals surface area contributed by atoms with Crippen LogP contribution in [0.25, 0.3) is 0 Å². The molecular formula is C12H12O5. The van der Waals surface area contributed by atoms with Crippen LogP contribution in [0.2, 0.25) is 0 Å². The summed E-state index contributed by atoms with van der Waals surface area (Å²) in [6.07, 6.45) is 1.88. The summed E-state index contributed by atoms with van der Waals surface area (Å²) >= 11 is 0. The normalized spacial score (nSPS) is 19.3. The van der Waals surface area contributed by atoms with E-state index in [-0.39, 0.29) is 36.5 Å². The van der Waals surface area contributed by atoms with Crippen molar-refractivity contribution >= 4 is 18.0 Å². The molecule has 1 saturated carbocycles. The minimum absolute atomic E-state index is 0.00262. The van der Waals surface area contributed by atoms with Gasteiger partial charge in [-0.05, 0) is 18.6 Å². The molecule has 17 heavy (non-hydrogen) atoms. The van der Waals surface area contributed by atoms with E-state index in [0.29, 0.717) is 24.9 Å². The number of ether oxygens (including phenoxy) is 1. The molecule has 0 saturated heterocycles. The minimum Gasteiger partial charge on any atom is -0.457 e. The second kappa shape index (κ2) is 4.95. The molecule has 0 spiro atoms. The van der Waals surface area contributed by atoms with Crippen molar-refractivity contribution < 1.29 is 23.5 Å². The maximum atomic E-state index is 11.6. The average Bonchev–Trinajstić information content (AvgIpc) is 2.94. The van der Waals surface area contributed by atoms with Crippen LogP contribution < -0.4 is 0 Å². The molecule has 1 aliphatic rings. The van der Waals surface area contributed by atoms with Gasteiger partial charge in [0.25, 0.3) is 0 Å². The summed E-state index contributed by atoms with van der Waals surface area (Å²) in [6.45, 7) is -0.00262. The van der Waals surface area contributed by atoms with Gasteiger partial charge < -0.3 is 9.15 Å². The molecule has 5 nitrogen and oxygen atoms in total. The molecular weight excluding hydrogens is 224 g/mol. The molecule has 1 atom stereocenters. The van der Waals surface area contributed by atoms with Crippen LogP contribution in [0, 0.1) is 5.92 Å². The lowest BCUT2D eigenvalue weighted by molar-refractivity contribution is -0.150. The predicted octanol–water partition coefficient (Wildman–Crippen LogP) is 1.50. The Labute approximate surface area is 97.7 Å². The fraction of sp³-hybridized carbons (Fsp3) is 0.417. The number of furan rings is 1. The molecule has 1 aromatic heterocycles. The number of hydrogen-bond acceptors (Lipinski definition) is 5. The molecule has 0 amide bonds. The topological polar surface area (TPSA) is 73.6 Å². The summed E-state index contributed by atoms with van der Waals surface area (Å²) in [5.74, 6) is 0.0352. The number of aldehydes is 1. The number of ketones is 1. The van der Waals surface area contributed by atoms with Crippen molar-refractivity contribution in [3.8, 4) is 0 Å². The Bertz CT molecular complexity index is 446. The highest BCUT2D eigenvalue weighted by molar-refractivity contribution is 5.87. The number of hydrogen-bond donors (Lipinski definition) is 0. The zero-order chi connectivity index (χ0) is 12.3. The highest BCUT2D eigenvalue weighted by Crippen LogP contribution is 2.23. The van der Waals surface area contributed by atoms with E-state index in [9.17, 15) is 14.4 Å². The average molecular weight is 236 g/mol. The third-order valence-corrected chi connectivity index (χ3v) is 2.73. The second-order valence-electron chi connectivity index (χ2n) is 4.01. The van der Waals surface area contributed by atoms with Crippen molar-refractivity contribution in [2.45, 2.75) is 25.9 Å². The van der Waals surface area contributed by atoms with E-state index in [4.69, 9.17) is 9.15 Å². The molecule has 0 bridgehead atoms. The summed E-state index contributed by atoms with van der Waals surface area (Å²) < 4.78 is 10.1. The summed E-state index contributed by atoms with van der Waals surface area (Å²) in [5.41, 5.74) is 0. The van der Waals surface area contributed by atoms with E-state index >= 15 is 0 Å². The molecule has 1 fully saturated rings. The van der Waals surface area contributed by atoms with Crippen molar-refractivity contribution in [2.24, 2.45) is 5.92 Å². The van der Waals surface area contributed by atoms with Crippen LogP contribution >= 0.6 is 0 Å². The first kappa shape index (κ1) is 11.6. The van der Waals surface area contributed by atoms with Gasteiger partial charge in [0.1, 0.15) is 18.2 Å². The first-order valence-electron chi connectivity index (χ1n) is 5.41. The zero-order valence-electron chi connectivity index (χ0n) is 9.18. The van der Waals surface area contributed by atoms with Gasteiger partial charge in [-0.15, -0.1) is 0 Å². The molecule has 1 aliphatic carbocycles. The Morgan fingerprint density at radius 3 is 2.94 bits per heavy atom. The Morgan fingerprint density at radius 2 is 2.35 bits per heavy atom. The smallest absolute Gasteiger partial charge is 0.309 e. The summed E-state index contributed by atoms with van der Waals surface area (Å²) in [5, 5.41) is 0. The van der Waals surface area contributed by atoms with Gasteiger partial charge in [-0.1, -0.05) is 0 Å². The maximum absolute atomic E-state index is 11.6. The van der Waals surface area contributed by atoms with Crippen LogP contribution in [-0.2, 0) is 20.9 Å². The van der Waals surface area contributed by atoms with Crippen molar-refractivity contribution in [1.29, 1.82) is 0 Å². The van der Waals surface area contributed by atoms with E-state index in [1.54, 1.807) is 6.07 Å². The molecule has 2 rings (SSSR count). The van der Waals surface area contributed by atoms with Gasteiger partial charge in [0.2, 0.25) is 0 Å². The van der Waals surface area contributed by atoms with Crippen molar-refractivity contribution in [2.75, 3.05) is 0 Å². The lowest BCUT2D eigenvalue weighted by atomic mass is 10.1. The van der Waals surface area contributed by atoms with Crippen LogP contribution in [0.1, 0.15) is 35.6 Å². The molecule has 0 radical (unpaired) electrons. The van der Waals surface area contributed by atoms with Crippen molar-refractivity contribution in [1.82, 2.24) is 0 Å². The SMILES string of the molecule is O=Cc1ccc(COC(=O)C2CCC(=O)C2)o1. The van der Waals surface area contributed by atoms with Crippen molar-refractivity contribution in [3.05, 3.63) is 23.7 Å². The number of Topliss-reactive ketones (excluding diaryl/α,β-unsaturated/α-hetero) is 1. The molecule has 0 N–H and O–H groups in total. The quantitative estimate of drug-likeness (QED) is 0.585. The maximum Gasteiger partial charge on any atom is 0.309 e. The molecule has 5 heteroatoms. The van der Waals surface area contributed by atoms with Crippen LogP contribution in [0.5, 0.6) is 0 Å². The molecule has 1 unspecified atom stereocenters. The monoisotopic (exact) mass is 236 g/mol. The molecule has 0 aromatic carbocycles. The number of rotatable bonds is 4. The third-order valence-electron chi connectivity index (χ3n) is 2.73. The molecule has 0 aliphatic heterocycles. The molecule has 1 heterocycles. The highest BCUT2D eigenvalue weighted by Gasteiger charge is 2.29. The van der Waals surface area contributed by atoms with Gasteiger partial charge in [-0.3, -0.25) is 14.4 Å². The van der Waals surface area contributed by atoms with Crippen LogP contribution in [0.15, 0.2) is 16.5 Å². The minimum atomic E-state index is -0.375. The van der Waals surface area contributed by atoms with Crippen LogP contribution in [-0.4, -0.2) is 18.0 Å². The molecule has 90 valence electrons. The fourth-order valence-corrected chi connectivity index (χ4v) is 1.81. The van der Waals surface area contributed by atoms with Gasteiger partial charge in [-0.2, -0.15) is 0 Å². The molecule has 1 aromatic rings. The standard InChI is InChI=1S/C12H12O5/c13-6-10-3-4-11(17-10)7-16-12(15)8-1-2-9(14)5-8/h3-4,6,8H,1-2,5,7H2. The van der Waals surface area contributed by atoms with Crippen LogP contribution in [0.4, 0.5) is 0 Å². The van der Waals surface area contributed by atoms with E-state index in [1.165, 1.54) is 6.07 Å². The summed E-state index contributed by atoms with van der Waals surface area (Å²) in [4.78, 5) is 32.9. The lowest BCUT2D eigenvalue weighted by Gasteiger charge is -2.07. The van der Waals surface area contributed by atoms with Gasteiger partial charge in [0.15, 0.2) is 12.0 Å². The van der Waals surface area contributed by atoms with Crippen LogP contribution in [0.3, 0.4) is 0 Å². The summed E-state index contributed by atoms with van der Waals surface area (Å²) in [7, 11) is 0. The Morgan fingerprint density at radius 1 is 1.53 bits per heavy atom. The number of carbonyl (C=O) groups excluding carboxylic acids is 3. The summed E-state index contributed by atoms with van der Waals surface area (Å²) in [6, 6.07) is 3.09. The Kier molecular flexibility index (Phi) is 3.37. The lowest BCUT2D eigenvalue weighted by Crippen LogP contribution is -2.14. The fourth-order valence-electron chi connectivity index (χ4n) is 1.81. The first-order valence-corrected chi connectivity index (χ1v) is 5.41. The zero-order valence-corrected chi connectivity index (χ0v) is 9.18. The van der Waals surface area contributed by atoms with Gasteiger partial charge in [0, 0.05) is 12.8 Å². The Balaban J connectivity index is 1.83. The van der Waals surface area contributed by atoms with E-state index in [0.717, 1.165) is 0 Å².